The summed E-state index contributed by atoms with van der Waals surface area (Å²) in [6, 6.07) is 12.8. The maximum atomic E-state index is 13.4. The van der Waals surface area contributed by atoms with Crippen LogP contribution in [-0.4, -0.2) is 63.9 Å². The minimum Gasteiger partial charge on any atom is -0.493 e. The largest absolute Gasteiger partial charge is 0.493 e. The SMILES string of the molecule is O=C(O)CCCOc1cccc(COc2cc(C(=O)N3CCC(O)CC3)cc(-c3ccsc3)c2)c1CCC(=O)O. The van der Waals surface area contributed by atoms with E-state index in [1.807, 2.05) is 35.0 Å². The molecule has 0 spiro atoms. The summed E-state index contributed by atoms with van der Waals surface area (Å²) in [4.78, 5) is 37.3. The molecular formula is C30H33NO8S. The summed E-state index contributed by atoms with van der Waals surface area (Å²) < 4.78 is 12.0. The average molecular weight is 568 g/mol. The van der Waals surface area contributed by atoms with Gasteiger partial charge in [-0.1, -0.05) is 12.1 Å². The van der Waals surface area contributed by atoms with Gasteiger partial charge in [-0.15, -0.1) is 0 Å². The minimum atomic E-state index is -0.940. The summed E-state index contributed by atoms with van der Waals surface area (Å²) in [6.45, 7) is 1.30. The molecule has 1 saturated heterocycles. The third-order valence-electron chi connectivity index (χ3n) is 6.77. The summed E-state index contributed by atoms with van der Waals surface area (Å²) in [5, 5.41) is 32.0. The normalized spacial score (nSPS) is 13.7. The molecule has 0 saturated carbocycles. The summed E-state index contributed by atoms with van der Waals surface area (Å²) in [5.74, 6) is -0.960. The minimum absolute atomic E-state index is 0.0210. The van der Waals surface area contributed by atoms with Crippen molar-refractivity contribution in [2.75, 3.05) is 19.7 Å². The van der Waals surface area contributed by atoms with Gasteiger partial charge >= 0.3 is 11.9 Å². The number of ether oxygens (including phenoxy) is 2. The number of rotatable bonds is 13. The number of aliphatic hydroxyl groups is 1. The molecule has 1 aliphatic rings. The van der Waals surface area contributed by atoms with Crippen LogP contribution in [0.5, 0.6) is 11.5 Å². The standard InChI is InChI=1S/C30H33NO8S/c32-24-8-11-31(12-9-24)30(37)23-15-22(21-10-14-40-19-21)16-25(17-23)39-18-20-3-1-4-27(26(20)6-7-29(35)36)38-13-2-5-28(33)34/h1,3-4,10,14-17,19,24,32H,2,5-9,11-13,18H2,(H,33,34)(H,35,36). The van der Waals surface area contributed by atoms with Crippen LogP contribution >= 0.6 is 11.3 Å². The average Bonchev–Trinajstić information content (AvgIpc) is 3.48. The summed E-state index contributed by atoms with van der Waals surface area (Å²) in [7, 11) is 0. The Labute approximate surface area is 236 Å². The Morgan fingerprint density at radius 2 is 1.73 bits per heavy atom. The molecule has 3 aromatic rings. The predicted molar refractivity (Wildman–Crippen MR) is 150 cm³/mol. The van der Waals surface area contributed by atoms with Crippen molar-refractivity contribution in [1.29, 1.82) is 0 Å². The van der Waals surface area contributed by atoms with Gasteiger partial charge in [0.25, 0.3) is 5.91 Å². The van der Waals surface area contributed by atoms with E-state index in [1.54, 1.807) is 34.4 Å². The number of aliphatic hydroxyl groups excluding tert-OH is 1. The molecule has 0 bridgehead atoms. The molecule has 1 aromatic heterocycles. The molecule has 40 heavy (non-hydrogen) atoms. The lowest BCUT2D eigenvalue weighted by Gasteiger charge is -2.29. The van der Waals surface area contributed by atoms with Crippen molar-refractivity contribution >= 4 is 29.2 Å². The van der Waals surface area contributed by atoms with Crippen molar-refractivity contribution in [3.05, 3.63) is 69.9 Å². The van der Waals surface area contributed by atoms with Gasteiger partial charge in [-0.3, -0.25) is 14.4 Å². The van der Waals surface area contributed by atoms with E-state index in [2.05, 4.69) is 0 Å². The van der Waals surface area contributed by atoms with Crippen LogP contribution in [0.3, 0.4) is 0 Å². The number of hydrogen-bond donors (Lipinski definition) is 3. The van der Waals surface area contributed by atoms with Crippen molar-refractivity contribution in [2.45, 2.75) is 51.2 Å². The molecule has 0 atom stereocenters. The van der Waals surface area contributed by atoms with Gasteiger partial charge < -0.3 is 29.7 Å². The van der Waals surface area contributed by atoms with Crippen molar-refractivity contribution < 1.29 is 39.2 Å². The van der Waals surface area contributed by atoms with Crippen LogP contribution in [0.2, 0.25) is 0 Å². The van der Waals surface area contributed by atoms with E-state index >= 15 is 0 Å². The van der Waals surface area contributed by atoms with Gasteiger partial charge in [-0.25, -0.2) is 0 Å². The molecule has 2 aromatic carbocycles. The van der Waals surface area contributed by atoms with E-state index < -0.39 is 11.9 Å². The Morgan fingerprint density at radius 1 is 0.950 bits per heavy atom. The quantitative estimate of drug-likeness (QED) is 0.250. The summed E-state index contributed by atoms with van der Waals surface area (Å²) in [5.41, 5.74) is 3.75. The Kier molecular flexibility index (Phi) is 10.2. The lowest BCUT2D eigenvalue weighted by atomic mass is 10.0. The highest BCUT2D eigenvalue weighted by Crippen LogP contribution is 2.31. The smallest absolute Gasteiger partial charge is 0.303 e. The van der Waals surface area contributed by atoms with Crippen LogP contribution in [0.1, 0.15) is 53.6 Å². The fourth-order valence-electron chi connectivity index (χ4n) is 4.62. The first-order chi connectivity index (χ1) is 19.3. The van der Waals surface area contributed by atoms with Crippen molar-refractivity contribution in [1.82, 2.24) is 4.90 Å². The first kappa shape index (κ1) is 29.1. The maximum absolute atomic E-state index is 13.4. The molecule has 2 heterocycles. The molecule has 9 nitrogen and oxygen atoms in total. The number of piperidine rings is 1. The molecule has 0 radical (unpaired) electrons. The highest BCUT2D eigenvalue weighted by atomic mass is 32.1. The summed E-state index contributed by atoms with van der Waals surface area (Å²) >= 11 is 1.56. The number of carbonyl (C=O) groups excluding carboxylic acids is 1. The molecule has 1 fully saturated rings. The lowest BCUT2D eigenvalue weighted by molar-refractivity contribution is -0.138. The van der Waals surface area contributed by atoms with Gasteiger partial charge in [-0.05, 0) is 83.5 Å². The van der Waals surface area contributed by atoms with Crippen LogP contribution in [-0.2, 0) is 22.6 Å². The third kappa shape index (κ3) is 8.06. The van der Waals surface area contributed by atoms with Crippen LogP contribution in [0, 0.1) is 0 Å². The zero-order valence-electron chi connectivity index (χ0n) is 22.1. The second-order valence-electron chi connectivity index (χ2n) is 9.70. The number of carboxylic acids is 2. The molecule has 0 unspecified atom stereocenters. The first-order valence-electron chi connectivity index (χ1n) is 13.2. The number of hydrogen-bond acceptors (Lipinski definition) is 7. The van der Waals surface area contributed by atoms with Crippen LogP contribution < -0.4 is 9.47 Å². The number of aliphatic carboxylic acids is 2. The van der Waals surface area contributed by atoms with Gasteiger partial charge in [0.15, 0.2) is 0 Å². The van der Waals surface area contributed by atoms with Gasteiger partial charge in [-0.2, -0.15) is 11.3 Å². The molecule has 1 amide bonds. The highest BCUT2D eigenvalue weighted by molar-refractivity contribution is 7.08. The molecule has 212 valence electrons. The molecular weight excluding hydrogens is 534 g/mol. The monoisotopic (exact) mass is 567 g/mol. The number of amides is 1. The van der Waals surface area contributed by atoms with Crippen LogP contribution in [0.25, 0.3) is 11.1 Å². The Balaban J connectivity index is 1.56. The van der Waals surface area contributed by atoms with E-state index in [-0.39, 0.29) is 44.5 Å². The van der Waals surface area contributed by atoms with Gasteiger partial charge in [0, 0.05) is 37.1 Å². The molecule has 4 rings (SSSR count). The Bertz CT molecular complexity index is 1320. The number of likely N-dealkylation sites (tertiary alicyclic amines) is 1. The van der Waals surface area contributed by atoms with Crippen LogP contribution in [0.4, 0.5) is 0 Å². The van der Waals surface area contributed by atoms with E-state index in [0.717, 1.165) is 16.7 Å². The fourth-order valence-corrected chi connectivity index (χ4v) is 5.28. The van der Waals surface area contributed by atoms with E-state index in [0.29, 0.717) is 55.0 Å². The molecule has 10 heteroatoms. The molecule has 3 N–H and O–H groups in total. The van der Waals surface area contributed by atoms with E-state index in [1.165, 1.54) is 0 Å². The lowest BCUT2D eigenvalue weighted by Crippen LogP contribution is -2.40. The zero-order chi connectivity index (χ0) is 28.5. The van der Waals surface area contributed by atoms with Crippen molar-refractivity contribution in [3.8, 4) is 22.6 Å². The Morgan fingerprint density at radius 3 is 2.42 bits per heavy atom. The second kappa shape index (κ2) is 14.0. The fraction of sp³-hybridized carbons (Fsp3) is 0.367. The van der Waals surface area contributed by atoms with E-state index in [4.69, 9.17) is 14.6 Å². The topological polar surface area (TPSA) is 134 Å². The number of thiophene rings is 1. The van der Waals surface area contributed by atoms with Gasteiger partial charge in [0.05, 0.1) is 12.7 Å². The third-order valence-corrected chi connectivity index (χ3v) is 7.45. The van der Waals surface area contributed by atoms with Gasteiger partial charge in [0.1, 0.15) is 18.1 Å². The first-order valence-corrected chi connectivity index (χ1v) is 14.2. The van der Waals surface area contributed by atoms with Crippen molar-refractivity contribution in [2.24, 2.45) is 0 Å². The number of carbonyl (C=O) groups is 3. The number of nitrogens with zero attached hydrogens (tertiary/aromatic N) is 1. The highest BCUT2D eigenvalue weighted by Gasteiger charge is 2.23. The van der Waals surface area contributed by atoms with Crippen LogP contribution in [0.15, 0.2) is 53.2 Å². The van der Waals surface area contributed by atoms with Gasteiger partial charge in [0.2, 0.25) is 0 Å². The predicted octanol–water partition coefficient (Wildman–Crippen LogP) is 4.85. The maximum Gasteiger partial charge on any atom is 0.303 e. The van der Waals surface area contributed by atoms with E-state index in [9.17, 15) is 24.6 Å². The van der Waals surface area contributed by atoms with Crippen molar-refractivity contribution in [3.63, 3.8) is 0 Å². The second-order valence-corrected chi connectivity index (χ2v) is 10.5. The summed E-state index contributed by atoms with van der Waals surface area (Å²) in [6.07, 6.45) is 1.15. The number of benzene rings is 2. The zero-order valence-corrected chi connectivity index (χ0v) is 22.9. The number of carboxylic acid groups (broad SMARTS) is 2. The molecule has 1 aliphatic heterocycles. The Hall–Kier alpha value is -3.89. The molecule has 0 aliphatic carbocycles.